The minimum absolute atomic E-state index is 0.0440. The third kappa shape index (κ3) is 2.62. The van der Waals surface area contributed by atoms with Crippen LogP contribution in [0.25, 0.3) is 0 Å². The number of aliphatic carboxylic acids is 1. The molecule has 0 heterocycles. The van der Waals surface area contributed by atoms with Crippen molar-refractivity contribution in [2.24, 2.45) is 0 Å². The summed E-state index contributed by atoms with van der Waals surface area (Å²) in [4.78, 5) is 10.6. The molecule has 4 heteroatoms. The summed E-state index contributed by atoms with van der Waals surface area (Å²) in [5.74, 6) is -1.19. The Hall–Kier alpha value is -1.50. The van der Waals surface area contributed by atoms with Crippen molar-refractivity contribution < 1.29 is 14.6 Å². The highest BCUT2D eigenvalue weighted by molar-refractivity contribution is 5.87. The summed E-state index contributed by atoms with van der Waals surface area (Å²) < 4.78 is 4.61. The molecule has 1 N–H and O–H groups in total. The topological polar surface area (TPSA) is 70.3 Å². The Kier molecular flexibility index (Phi) is 4.54. The molecule has 0 aliphatic rings. The standard InChI is InChI=1S/C8H11NO3/c1-3-4-6(8(10)11)7(5-9)12-2/h3-4H2,1-2H3,(H,10,11). The number of ether oxygens (including phenoxy) is 1. The fourth-order valence-corrected chi connectivity index (χ4v) is 0.804. The molecule has 12 heavy (non-hydrogen) atoms. The fourth-order valence-electron chi connectivity index (χ4n) is 0.804. The Balaban J connectivity index is 4.79. The molecule has 0 aromatic rings. The van der Waals surface area contributed by atoms with Crippen LogP contribution < -0.4 is 0 Å². The van der Waals surface area contributed by atoms with Crippen molar-refractivity contribution in [2.75, 3.05) is 7.11 Å². The van der Waals surface area contributed by atoms with Gasteiger partial charge in [0.1, 0.15) is 6.07 Å². The molecular weight excluding hydrogens is 158 g/mol. The summed E-state index contributed by atoms with van der Waals surface area (Å²) in [6, 6.07) is 1.69. The number of allylic oxidation sites excluding steroid dienone is 1. The predicted octanol–water partition coefficient (Wildman–Crippen LogP) is 1.30. The van der Waals surface area contributed by atoms with Crippen molar-refractivity contribution in [3.63, 3.8) is 0 Å². The van der Waals surface area contributed by atoms with Crippen LogP contribution in [0, 0.1) is 11.3 Å². The van der Waals surface area contributed by atoms with Crippen LogP contribution in [0.4, 0.5) is 0 Å². The van der Waals surface area contributed by atoms with E-state index in [9.17, 15) is 4.79 Å². The van der Waals surface area contributed by atoms with Crippen molar-refractivity contribution in [1.82, 2.24) is 0 Å². The summed E-state index contributed by atoms with van der Waals surface area (Å²) in [5, 5.41) is 17.1. The van der Waals surface area contributed by atoms with Crippen LogP contribution in [0.1, 0.15) is 19.8 Å². The van der Waals surface area contributed by atoms with Crippen LogP contribution in [0.2, 0.25) is 0 Å². The van der Waals surface area contributed by atoms with Crippen LogP contribution in [-0.4, -0.2) is 18.2 Å². The molecule has 0 aromatic carbocycles. The molecule has 0 spiro atoms. The predicted molar refractivity (Wildman–Crippen MR) is 42.2 cm³/mol. The second-order valence-corrected chi connectivity index (χ2v) is 2.18. The summed E-state index contributed by atoms with van der Waals surface area (Å²) in [5.41, 5.74) is 0.0440. The van der Waals surface area contributed by atoms with E-state index < -0.39 is 5.97 Å². The highest BCUT2D eigenvalue weighted by atomic mass is 16.5. The minimum Gasteiger partial charge on any atom is -0.487 e. The lowest BCUT2D eigenvalue weighted by Gasteiger charge is -2.02. The summed E-state index contributed by atoms with van der Waals surface area (Å²) in [6.07, 6.45) is 1.03. The van der Waals surface area contributed by atoms with Crippen molar-refractivity contribution in [2.45, 2.75) is 19.8 Å². The maximum atomic E-state index is 10.6. The van der Waals surface area contributed by atoms with Gasteiger partial charge in [-0.25, -0.2) is 4.79 Å². The van der Waals surface area contributed by atoms with Crippen LogP contribution in [0.5, 0.6) is 0 Å². The molecule has 0 aliphatic heterocycles. The van der Waals surface area contributed by atoms with Gasteiger partial charge >= 0.3 is 5.97 Å². The highest BCUT2D eigenvalue weighted by Crippen LogP contribution is 2.11. The fraction of sp³-hybridized carbons (Fsp3) is 0.500. The van der Waals surface area contributed by atoms with Crippen LogP contribution in [-0.2, 0) is 9.53 Å². The van der Waals surface area contributed by atoms with Crippen molar-refractivity contribution >= 4 is 5.97 Å². The van der Waals surface area contributed by atoms with Gasteiger partial charge in [0.25, 0.3) is 0 Å². The smallest absolute Gasteiger partial charge is 0.336 e. The number of methoxy groups -OCH3 is 1. The van der Waals surface area contributed by atoms with Gasteiger partial charge in [0, 0.05) is 0 Å². The van der Waals surface area contributed by atoms with Crippen LogP contribution in [0.15, 0.2) is 11.3 Å². The number of nitriles is 1. The summed E-state index contributed by atoms with van der Waals surface area (Å²) in [7, 11) is 1.29. The molecule has 0 radical (unpaired) electrons. The SMILES string of the molecule is CCCC(C(=O)O)=C(C#N)OC. The molecule has 0 unspecified atom stereocenters. The largest absolute Gasteiger partial charge is 0.487 e. The lowest BCUT2D eigenvalue weighted by Crippen LogP contribution is -2.05. The van der Waals surface area contributed by atoms with Crippen molar-refractivity contribution in [1.29, 1.82) is 5.26 Å². The van der Waals surface area contributed by atoms with Gasteiger partial charge < -0.3 is 9.84 Å². The first-order valence-corrected chi connectivity index (χ1v) is 3.57. The van der Waals surface area contributed by atoms with E-state index in [1.165, 1.54) is 7.11 Å². The maximum Gasteiger partial charge on any atom is 0.336 e. The lowest BCUT2D eigenvalue weighted by atomic mass is 10.1. The number of hydrogen-bond acceptors (Lipinski definition) is 3. The van der Waals surface area contributed by atoms with Crippen molar-refractivity contribution in [3.05, 3.63) is 11.3 Å². The number of carboxylic acids is 1. The van der Waals surface area contributed by atoms with Gasteiger partial charge in [-0.3, -0.25) is 0 Å². The van der Waals surface area contributed by atoms with E-state index in [1.807, 2.05) is 6.92 Å². The van der Waals surface area contributed by atoms with E-state index in [1.54, 1.807) is 6.07 Å². The molecule has 0 fully saturated rings. The molecule has 66 valence electrons. The normalized spacial score (nSPS) is 11.4. The first kappa shape index (κ1) is 10.5. The average molecular weight is 169 g/mol. The zero-order valence-electron chi connectivity index (χ0n) is 7.13. The van der Waals surface area contributed by atoms with E-state index in [-0.39, 0.29) is 11.3 Å². The van der Waals surface area contributed by atoms with Gasteiger partial charge in [-0.2, -0.15) is 5.26 Å². The zero-order valence-corrected chi connectivity index (χ0v) is 7.13. The Bertz CT molecular complexity index is 237. The van der Waals surface area contributed by atoms with E-state index in [0.717, 1.165) is 0 Å². The van der Waals surface area contributed by atoms with E-state index in [0.29, 0.717) is 12.8 Å². The average Bonchev–Trinajstić information content (AvgIpc) is 2.05. The zero-order chi connectivity index (χ0) is 9.56. The molecule has 0 aromatic heterocycles. The van der Waals surface area contributed by atoms with Gasteiger partial charge in [0.15, 0.2) is 0 Å². The quantitative estimate of drug-likeness (QED) is 0.391. The molecule has 4 nitrogen and oxygen atoms in total. The Morgan fingerprint density at radius 2 is 2.25 bits per heavy atom. The second-order valence-electron chi connectivity index (χ2n) is 2.18. The Morgan fingerprint density at radius 1 is 1.67 bits per heavy atom. The van der Waals surface area contributed by atoms with E-state index >= 15 is 0 Å². The van der Waals surface area contributed by atoms with E-state index in [2.05, 4.69) is 4.74 Å². The van der Waals surface area contributed by atoms with Crippen molar-refractivity contribution in [3.8, 4) is 6.07 Å². The van der Waals surface area contributed by atoms with Gasteiger partial charge in [-0.1, -0.05) is 13.3 Å². The second kappa shape index (κ2) is 5.19. The molecule has 0 amide bonds. The van der Waals surface area contributed by atoms with E-state index in [4.69, 9.17) is 10.4 Å². The molecule has 0 atom stereocenters. The molecule has 0 rings (SSSR count). The lowest BCUT2D eigenvalue weighted by molar-refractivity contribution is -0.133. The first-order chi connectivity index (χ1) is 5.67. The number of carboxylic acid groups (broad SMARTS) is 1. The number of rotatable bonds is 4. The molecule has 0 saturated carbocycles. The van der Waals surface area contributed by atoms with Gasteiger partial charge in [-0.05, 0) is 6.42 Å². The van der Waals surface area contributed by atoms with Crippen LogP contribution in [0.3, 0.4) is 0 Å². The van der Waals surface area contributed by atoms with Gasteiger partial charge in [0.2, 0.25) is 5.76 Å². The highest BCUT2D eigenvalue weighted by Gasteiger charge is 2.13. The maximum absolute atomic E-state index is 10.6. The summed E-state index contributed by atoms with van der Waals surface area (Å²) in [6.45, 7) is 1.84. The monoisotopic (exact) mass is 169 g/mol. The third-order valence-electron chi connectivity index (χ3n) is 1.34. The molecular formula is C8H11NO3. The molecule has 0 aliphatic carbocycles. The molecule has 0 bridgehead atoms. The Morgan fingerprint density at radius 3 is 2.50 bits per heavy atom. The van der Waals surface area contributed by atoms with Crippen LogP contribution >= 0.6 is 0 Å². The Labute approximate surface area is 71.1 Å². The summed E-state index contributed by atoms with van der Waals surface area (Å²) >= 11 is 0. The molecule has 0 saturated heterocycles. The third-order valence-corrected chi connectivity index (χ3v) is 1.34. The first-order valence-electron chi connectivity index (χ1n) is 3.57. The number of nitrogens with zero attached hydrogens (tertiary/aromatic N) is 1. The van der Waals surface area contributed by atoms with Gasteiger partial charge in [-0.15, -0.1) is 0 Å². The number of carbonyl (C=O) groups is 1. The minimum atomic E-state index is -1.09. The number of hydrogen-bond donors (Lipinski definition) is 1. The van der Waals surface area contributed by atoms with Gasteiger partial charge in [0.05, 0.1) is 12.7 Å².